The topological polar surface area (TPSA) is 62.2 Å². The molecular formula is C12H8BrClN2O2. The number of benzene rings is 1. The van der Waals surface area contributed by atoms with Gasteiger partial charge < -0.3 is 10.4 Å². The fourth-order valence-electron chi connectivity index (χ4n) is 1.42. The Kier molecular flexibility index (Phi) is 3.84. The van der Waals surface area contributed by atoms with Gasteiger partial charge in [0.05, 0.1) is 23.1 Å². The summed E-state index contributed by atoms with van der Waals surface area (Å²) in [5.74, 6) is -1.01. The third-order valence-corrected chi connectivity index (χ3v) is 3.14. The van der Waals surface area contributed by atoms with Crippen LogP contribution in [0.3, 0.4) is 0 Å². The van der Waals surface area contributed by atoms with E-state index in [1.54, 1.807) is 18.2 Å². The van der Waals surface area contributed by atoms with Crippen LogP contribution in [-0.2, 0) is 0 Å². The zero-order valence-electron chi connectivity index (χ0n) is 9.02. The Morgan fingerprint density at radius 2 is 2.11 bits per heavy atom. The van der Waals surface area contributed by atoms with E-state index in [1.807, 2.05) is 0 Å². The van der Waals surface area contributed by atoms with Crippen LogP contribution in [0.15, 0.2) is 41.1 Å². The maximum absolute atomic E-state index is 11.1. The number of nitrogens with one attached hydrogen (secondary N) is 1. The van der Waals surface area contributed by atoms with Crippen LogP contribution in [-0.4, -0.2) is 16.1 Å². The highest BCUT2D eigenvalue weighted by Crippen LogP contribution is 2.29. The molecule has 2 aromatic rings. The van der Waals surface area contributed by atoms with E-state index in [0.29, 0.717) is 10.7 Å². The summed E-state index contributed by atoms with van der Waals surface area (Å²) in [5, 5.41) is 12.7. The van der Waals surface area contributed by atoms with Crippen LogP contribution in [0.1, 0.15) is 10.4 Å². The largest absolute Gasteiger partial charge is 0.478 e. The molecule has 0 spiro atoms. The van der Waals surface area contributed by atoms with E-state index < -0.39 is 5.97 Å². The van der Waals surface area contributed by atoms with Gasteiger partial charge in [0.1, 0.15) is 0 Å². The summed E-state index contributed by atoms with van der Waals surface area (Å²) in [6.45, 7) is 0. The number of nitrogens with zero attached hydrogens (tertiary/aromatic N) is 1. The first-order valence-corrected chi connectivity index (χ1v) is 6.14. The molecule has 0 fully saturated rings. The van der Waals surface area contributed by atoms with Crippen LogP contribution in [0.4, 0.5) is 11.4 Å². The Balaban J connectivity index is 2.37. The van der Waals surface area contributed by atoms with Gasteiger partial charge in [-0.1, -0.05) is 11.6 Å². The van der Waals surface area contributed by atoms with Gasteiger partial charge in [-0.2, -0.15) is 0 Å². The first-order valence-electron chi connectivity index (χ1n) is 4.97. The summed E-state index contributed by atoms with van der Waals surface area (Å²) in [5.41, 5.74) is 1.30. The minimum atomic E-state index is -1.01. The molecule has 0 unspecified atom stereocenters. The van der Waals surface area contributed by atoms with Gasteiger partial charge in [-0.15, -0.1) is 0 Å². The Morgan fingerprint density at radius 3 is 2.78 bits per heavy atom. The number of aromatic nitrogens is 1. The lowest BCUT2D eigenvalue weighted by Gasteiger charge is -2.10. The number of rotatable bonds is 3. The number of aromatic carboxylic acids is 1. The molecule has 2 rings (SSSR count). The maximum Gasteiger partial charge on any atom is 0.337 e. The summed E-state index contributed by atoms with van der Waals surface area (Å²) in [7, 11) is 0. The fraction of sp³-hybridized carbons (Fsp3) is 0. The number of pyridine rings is 1. The van der Waals surface area contributed by atoms with E-state index in [9.17, 15) is 4.79 Å². The molecule has 4 nitrogen and oxygen atoms in total. The molecule has 18 heavy (non-hydrogen) atoms. The molecule has 0 aliphatic heterocycles. The van der Waals surface area contributed by atoms with Gasteiger partial charge >= 0.3 is 5.97 Å². The Morgan fingerprint density at radius 1 is 1.33 bits per heavy atom. The Hall–Kier alpha value is -1.59. The van der Waals surface area contributed by atoms with Crippen molar-refractivity contribution in [1.29, 1.82) is 0 Å². The highest BCUT2D eigenvalue weighted by atomic mass is 79.9. The average Bonchev–Trinajstić information content (AvgIpc) is 2.33. The monoisotopic (exact) mass is 326 g/mol. The predicted octanol–water partition coefficient (Wildman–Crippen LogP) is 3.94. The highest BCUT2D eigenvalue weighted by Gasteiger charge is 2.10. The molecule has 0 aliphatic rings. The van der Waals surface area contributed by atoms with Crippen molar-refractivity contribution in [3.63, 3.8) is 0 Å². The van der Waals surface area contributed by atoms with E-state index in [-0.39, 0.29) is 5.56 Å². The minimum absolute atomic E-state index is 0.159. The van der Waals surface area contributed by atoms with Crippen LogP contribution >= 0.6 is 27.5 Å². The molecule has 92 valence electrons. The van der Waals surface area contributed by atoms with E-state index >= 15 is 0 Å². The average molecular weight is 328 g/mol. The fourth-order valence-corrected chi connectivity index (χ4v) is 2.20. The van der Waals surface area contributed by atoms with Crippen molar-refractivity contribution in [2.75, 3.05) is 5.32 Å². The molecule has 0 atom stereocenters. The predicted molar refractivity (Wildman–Crippen MR) is 73.6 cm³/mol. The molecule has 0 saturated heterocycles. The number of carbonyl (C=O) groups is 1. The molecule has 1 aromatic carbocycles. The number of anilines is 2. The quantitative estimate of drug-likeness (QED) is 0.896. The normalized spacial score (nSPS) is 10.1. The summed E-state index contributed by atoms with van der Waals surface area (Å²) < 4.78 is 0.746. The molecule has 2 N–H and O–H groups in total. The summed E-state index contributed by atoms with van der Waals surface area (Å²) >= 11 is 9.19. The maximum atomic E-state index is 11.1. The van der Waals surface area contributed by atoms with E-state index in [2.05, 4.69) is 26.2 Å². The second-order valence-corrected chi connectivity index (χ2v) is 4.77. The highest BCUT2D eigenvalue weighted by molar-refractivity contribution is 9.10. The van der Waals surface area contributed by atoms with Crippen molar-refractivity contribution in [2.24, 2.45) is 0 Å². The van der Waals surface area contributed by atoms with Gasteiger partial charge in [0.25, 0.3) is 0 Å². The Labute approximate surface area is 117 Å². The van der Waals surface area contributed by atoms with Gasteiger partial charge in [-0.25, -0.2) is 4.79 Å². The van der Waals surface area contributed by atoms with Gasteiger partial charge in [0.15, 0.2) is 0 Å². The second-order valence-electron chi connectivity index (χ2n) is 3.48. The third kappa shape index (κ3) is 2.80. The lowest BCUT2D eigenvalue weighted by atomic mass is 10.2. The zero-order valence-corrected chi connectivity index (χ0v) is 11.4. The van der Waals surface area contributed by atoms with Crippen molar-refractivity contribution in [3.8, 4) is 0 Å². The first kappa shape index (κ1) is 12.9. The van der Waals surface area contributed by atoms with Crippen molar-refractivity contribution in [1.82, 2.24) is 4.98 Å². The second kappa shape index (κ2) is 5.37. The lowest BCUT2D eigenvalue weighted by molar-refractivity contribution is 0.0698. The standard InChI is InChI=1S/C12H8BrClN2O2/c13-9-5-7(14)1-2-10(9)16-11-6-15-4-3-8(11)12(17)18/h1-6,16H,(H,17,18). The zero-order chi connectivity index (χ0) is 13.1. The van der Waals surface area contributed by atoms with Crippen LogP contribution in [0.25, 0.3) is 0 Å². The summed E-state index contributed by atoms with van der Waals surface area (Å²) in [6.07, 6.45) is 2.90. The number of carboxylic acid groups (broad SMARTS) is 1. The molecule has 1 heterocycles. The minimum Gasteiger partial charge on any atom is -0.478 e. The summed E-state index contributed by atoms with van der Waals surface area (Å²) in [4.78, 5) is 15.0. The molecule has 0 saturated carbocycles. The number of hydrogen-bond acceptors (Lipinski definition) is 3. The first-order chi connectivity index (χ1) is 8.58. The van der Waals surface area contributed by atoms with Crippen molar-refractivity contribution in [2.45, 2.75) is 0 Å². The Bertz CT molecular complexity index is 604. The van der Waals surface area contributed by atoms with Crippen molar-refractivity contribution in [3.05, 3.63) is 51.7 Å². The van der Waals surface area contributed by atoms with Crippen molar-refractivity contribution < 1.29 is 9.90 Å². The molecule has 0 radical (unpaired) electrons. The third-order valence-electron chi connectivity index (χ3n) is 2.25. The lowest BCUT2D eigenvalue weighted by Crippen LogP contribution is -2.03. The molecule has 0 bridgehead atoms. The molecule has 0 amide bonds. The van der Waals surface area contributed by atoms with Gasteiger partial charge in [-0.05, 0) is 40.2 Å². The smallest absolute Gasteiger partial charge is 0.337 e. The van der Waals surface area contributed by atoms with Gasteiger partial charge in [-0.3, -0.25) is 4.98 Å². The van der Waals surface area contributed by atoms with E-state index in [0.717, 1.165) is 10.2 Å². The van der Waals surface area contributed by atoms with E-state index in [4.69, 9.17) is 16.7 Å². The molecule has 0 aliphatic carbocycles. The molecular weight excluding hydrogens is 320 g/mol. The number of halogens is 2. The van der Waals surface area contributed by atoms with Crippen LogP contribution in [0.5, 0.6) is 0 Å². The van der Waals surface area contributed by atoms with E-state index in [1.165, 1.54) is 18.5 Å². The van der Waals surface area contributed by atoms with Gasteiger partial charge in [0.2, 0.25) is 0 Å². The SMILES string of the molecule is O=C(O)c1ccncc1Nc1ccc(Cl)cc1Br. The van der Waals surface area contributed by atoms with Crippen LogP contribution in [0, 0.1) is 0 Å². The summed E-state index contributed by atoms with van der Waals surface area (Å²) in [6, 6.07) is 6.63. The number of hydrogen-bond donors (Lipinski definition) is 2. The molecule has 1 aromatic heterocycles. The van der Waals surface area contributed by atoms with Gasteiger partial charge in [0, 0.05) is 15.7 Å². The molecule has 6 heteroatoms. The van der Waals surface area contributed by atoms with Crippen LogP contribution in [0.2, 0.25) is 5.02 Å². The van der Waals surface area contributed by atoms with Crippen LogP contribution < -0.4 is 5.32 Å². The number of carboxylic acids is 1. The van der Waals surface area contributed by atoms with Crippen molar-refractivity contribution >= 4 is 44.9 Å².